The van der Waals surface area contributed by atoms with Gasteiger partial charge in [-0.3, -0.25) is 4.79 Å². The molecule has 0 aliphatic heterocycles. The van der Waals surface area contributed by atoms with E-state index in [1.807, 2.05) is 38.1 Å². The van der Waals surface area contributed by atoms with Crippen LogP contribution >= 0.6 is 35.6 Å². The van der Waals surface area contributed by atoms with Crippen molar-refractivity contribution < 1.29 is 9.53 Å². The molecule has 0 amide bonds. The van der Waals surface area contributed by atoms with Gasteiger partial charge in [0.25, 0.3) is 0 Å². The third kappa shape index (κ3) is 6.14. The summed E-state index contributed by atoms with van der Waals surface area (Å²) in [7, 11) is 0. The van der Waals surface area contributed by atoms with Crippen molar-refractivity contribution >= 4 is 45.7 Å². The lowest BCUT2D eigenvalue weighted by Gasteiger charge is -2.14. The zero-order valence-electron chi connectivity index (χ0n) is 14.3. The topological polar surface area (TPSA) is 26.3 Å². The number of carbonyl (C=O) groups excluding carboxylic acids is 1. The summed E-state index contributed by atoms with van der Waals surface area (Å²) in [6.07, 6.45) is 1.49. The highest BCUT2D eigenvalue weighted by Crippen LogP contribution is 2.28. The lowest BCUT2D eigenvalue weighted by atomic mass is 10.0. The zero-order valence-corrected chi connectivity index (χ0v) is 16.7. The first-order valence-corrected chi connectivity index (χ1v) is 9.85. The van der Waals surface area contributed by atoms with Gasteiger partial charge in [-0.05, 0) is 43.9 Å². The van der Waals surface area contributed by atoms with Crippen LogP contribution in [0.3, 0.4) is 0 Å². The molecule has 1 unspecified atom stereocenters. The van der Waals surface area contributed by atoms with Gasteiger partial charge in [0.2, 0.25) is 0 Å². The number of hydrogen-bond donors (Lipinski definition) is 0. The Labute approximate surface area is 163 Å². The summed E-state index contributed by atoms with van der Waals surface area (Å²) in [6, 6.07) is 16.1. The molecule has 0 saturated heterocycles. The van der Waals surface area contributed by atoms with Gasteiger partial charge in [0.05, 0.1) is 6.61 Å². The zero-order chi connectivity index (χ0) is 18.2. The number of benzene rings is 2. The van der Waals surface area contributed by atoms with E-state index in [0.29, 0.717) is 13.0 Å². The Hall–Kier alpha value is -1.36. The van der Waals surface area contributed by atoms with Crippen LogP contribution < -0.4 is 0 Å². The second kappa shape index (κ2) is 9.95. The third-order valence-electron chi connectivity index (χ3n) is 3.69. The molecule has 25 heavy (non-hydrogen) atoms. The SMILES string of the molecule is CCOC(=O)C(CCc1ccc(-c2ccccc2Cl)cc1)SC(C)=S. The minimum atomic E-state index is -0.249. The van der Waals surface area contributed by atoms with Crippen LogP contribution in [0.1, 0.15) is 25.8 Å². The van der Waals surface area contributed by atoms with Crippen LogP contribution in [0.4, 0.5) is 0 Å². The average molecular weight is 393 g/mol. The number of aryl methyl sites for hydroxylation is 1. The fourth-order valence-corrected chi connectivity index (χ4v) is 3.90. The predicted octanol–water partition coefficient (Wildman–Crippen LogP) is 5.95. The van der Waals surface area contributed by atoms with Crippen LogP contribution in [0, 0.1) is 0 Å². The molecule has 0 fully saturated rings. The van der Waals surface area contributed by atoms with Gasteiger partial charge in [-0.25, -0.2) is 0 Å². The second-order valence-electron chi connectivity index (χ2n) is 5.57. The van der Waals surface area contributed by atoms with Crippen molar-refractivity contribution in [2.24, 2.45) is 0 Å². The molecular weight excluding hydrogens is 372 g/mol. The normalized spacial score (nSPS) is 11.8. The Bertz CT molecular complexity index is 729. The summed E-state index contributed by atoms with van der Waals surface area (Å²) < 4.78 is 5.91. The number of thioether (sulfide) groups is 1. The molecule has 0 heterocycles. The maximum Gasteiger partial charge on any atom is 0.319 e. The van der Waals surface area contributed by atoms with Crippen molar-refractivity contribution in [1.29, 1.82) is 0 Å². The highest BCUT2D eigenvalue weighted by Gasteiger charge is 2.21. The van der Waals surface area contributed by atoms with E-state index < -0.39 is 0 Å². The molecule has 5 heteroatoms. The summed E-state index contributed by atoms with van der Waals surface area (Å²) in [5.41, 5.74) is 3.28. The van der Waals surface area contributed by atoms with Crippen LogP contribution in [-0.2, 0) is 16.0 Å². The van der Waals surface area contributed by atoms with E-state index in [4.69, 9.17) is 28.6 Å². The first-order valence-electron chi connectivity index (χ1n) is 8.19. The molecule has 0 bridgehead atoms. The fourth-order valence-electron chi connectivity index (χ4n) is 2.50. The summed E-state index contributed by atoms with van der Waals surface area (Å²) in [5, 5.41) is 0.492. The number of ether oxygens (including phenoxy) is 1. The summed E-state index contributed by atoms with van der Waals surface area (Å²) in [5.74, 6) is -0.190. The van der Waals surface area contributed by atoms with E-state index in [1.165, 1.54) is 17.3 Å². The minimum absolute atomic E-state index is 0.190. The summed E-state index contributed by atoms with van der Waals surface area (Å²) >= 11 is 12.8. The number of thiocarbonyl (C=S) groups is 1. The van der Waals surface area contributed by atoms with Crippen molar-refractivity contribution in [3.8, 4) is 11.1 Å². The van der Waals surface area contributed by atoms with Crippen LogP contribution in [0.15, 0.2) is 48.5 Å². The predicted molar refractivity (Wildman–Crippen MR) is 111 cm³/mol. The number of carbonyl (C=O) groups is 1. The maximum atomic E-state index is 12.1. The van der Waals surface area contributed by atoms with Crippen molar-refractivity contribution in [2.75, 3.05) is 6.61 Å². The van der Waals surface area contributed by atoms with Crippen molar-refractivity contribution in [1.82, 2.24) is 0 Å². The average Bonchev–Trinajstić information content (AvgIpc) is 2.59. The minimum Gasteiger partial charge on any atom is -0.465 e. The smallest absolute Gasteiger partial charge is 0.319 e. The molecule has 132 valence electrons. The third-order valence-corrected chi connectivity index (χ3v) is 5.35. The number of rotatable bonds is 7. The fraction of sp³-hybridized carbons (Fsp3) is 0.300. The molecule has 1 atom stereocenters. The molecular formula is C20H21ClO2S2. The van der Waals surface area contributed by atoms with E-state index in [1.54, 1.807) is 0 Å². The highest BCUT2D eigenvalue weighted by molar-refractivity contribution is 8.23. The summed E-state index contributed by atoms with van der Waals surface area (Å²) in [6.45, 7) is 4.04. The number of hydrogen-bond acceptors (Lipinski definition) is 4. The quantitative estimate of drug-likeness (QED) is 0.429. The molecule has 0 radical (unpaired) electrons. The van der Waals surface area contributed by atoms with Gasteiger partial charge in [-0.1, -0.05) is 66.3 Å². The highest BCUT2D eigenvalue weighted by atomic mass is 35.5. The maximum absolute atomic E-state index is 12.1. The van der Waals surface area contributed by atoms with Gasteiger partial charge >= 0.3 is 5.97 Å². The Morgan fingerprint density at radius 2 is 1.88 bits per heavy atom. The summed E-state index contributed by atoms with van der Waals surface area (Å²) in [4.78, 5) is 12.1. The van der Waals surface area contributed by atoms with E-state index in [2.05, 4.69) is 24.3 Å². The molecule has 0 spiro atoms. The lowest BCUT2D eigenvalue weighted by molar-refractivity contribution is -0.142. The molecule has 0 aliphatic rings. The second-order valence-corrected chi connectivity index (χ2v) is 8.26. The van der Waals surface area contributed by atoms with Gasteiger partial charge in [0.15, 0.2) is 0 Å². The van der Waals surface area contributed by atoms with Gasteiger partial charge in [0.1, 0.15) is 5.25 Å². The monoisotopic (exact) mass is 392 g/mol. The van der Waals surface area contributed by atoms with E-state index in [-0.39, 0.29) is 11.2 Å². The molecule has 0 saturated carbocycles. The van der Waals surface area contributed by atoms with Crippen LogP contribution in [-0.4, -0.2) is 22.0 Å². The van der Waals surface area contributed by atoms with Gasteiger partial charge in [-0.2, -0.15) is 0 Å². The van der Waals surface area contributed by atoms with Crippen LogP contribution in [0.5, 0.6) is 0 Å². The van der Waals surface area contributed by atoms with Crippen LogP contribution in [0.25, 0.3) is 11.1 Å². The number of esters is 1. The van der Waals surface area contributed by atoms with E-state index >= 15 is 0 Å². The van der Waals surface area contributed by atoms with Gasteiger partial charge in [-0.15, -0.1) is 11.8 Å². The van der Waals surface area contributed by atoms with Gasteiger partial charge < -0.3 is 4.74 Å². The first kappa shape index (κ1) is 20.0. The van der Waals surface area contributed by atoms with E-state index in [0.717, 1.165) is 26.8 Å². The van der Waals surface area contributed by atoms with Gasteiger partial charge in [0, 0.05) is 14.8 Å². The lowest BCUT2D eigenvalue weighted by Crippen LogP contribution is -2.22. The molecule has 0 aliphatic carbocycles. The van der Waals surface area contributed by atoms with Crippen molar-refractivity contribution in [2.45, 2.75) is 31.9 Å². The molecule has 0 aromatic heterocycles. The molecule has 2 rings (SSSR count). The number of halogens is 1. The Kier molecular flexibility index (Phi) is 7.94. The molecule has 2 aromatic rings. The molecule has 2 nitrogen and oxygen atoms in total. The Morgan fingerprint density at radius 1 is 1.20 bits per heavy atom. The standard InChI is InChI=1S/C20H21ClO2S2/c1-3-23-20(22)19(25-14(2)24)13-10-15-8-11-16(12-9-15)17-6-4-5-7-18(17)21/h4-9,11-12,19H,3,10,13H2,1-2H3. The van der Waals surface area contributed by atoms with Crippen molar-refractivity contribution in [3.05, 3.63) is 59.1 Å². The van der Waals surface area contributed by atoms with Crippen molar-refractivity contribution in [3.63, 3.8) is 0 Å². The molecule has 2 aromatic carbocycles. The first-order chi connectivity index (χ1) is 12.0. The van der Waals surface area contributed by atoms with E-state index in [9.17, 15) is 4.79 Å². The Balaban J connectivity index is 2.03. The Morgan fingerprint density at radius 3 is 2.48 bits per heavy atom. The molecule has 0 N–H and O–H groups in total. The van der Waals surface area contributed by atoms with Crippen LogP contribution in [0.2, 0.25) is 5.02 Å². The largest absolute Gasteiger partial charge is 0.465 e.